The molecule has 0 fully saturated rings. The molecule has 0 unspecified atom stereocenters. The number of benzene rings is 2. The van der Waals surface area contributed by atoms with Crippen molar-refractivity contribution in [2.24, 2.45) is 5.10 Å². The standard InChI is InChI=1S/C19H21N3O6S/c1-27-19(24)14-28-17-10-6-7-15(11-17)12-20-21-18(23)13-22(29(2,25)26)16-8-4-3-5-9-16/h3-12H,13-14H2,1-2H3,(H,21,23)/b20-12-. The topological polar surface area (TPSA) is 114 Å². The summed E-state index contributed by atoms with van der Waals surface area (Å²) in [5.74, 6) is -0.684. The van der Waals surface area contributed by atoms with Crippen LogP contribution in [0.2, 0.25) is 0 Å². The first-order valence-corrected chi connectivity index (χ1v) is 10.3. The number of sulfonamides is 1. The monoisotopic (exact) mass is 419 g/mol. The van der Waals surface area contributed by atoms with Crippen LogP contribution in [0.5, 0.6) is 5.75 Å². The summed E-state index contributed by atoms with van der Waals surface area (Å²) in [4.78, 5) is 23.2. The Morgan fingerprint density at radius 2 is 1.86 bits per heavy atom. The van der Waals surface area contributed by atoms with Crippen molar-refractivity contribution < 1.29 is 27.5 Å². The van der Waals surface area contributed by atoms with Gasteiger partial charge < -0.3 is 9.47 Å². The smallest absolute Gasteiger partial charge is 0.343 e. The third-order valence-corrected chi connectivity index (χ3v) is 4.72. The van der Waals surface area contributed by atoms with E-state index in [4.69, 9.17) is 4.74 Å². The van der Waals surface area contributed by atoms with Crippen molar-refractivity contribution in [1.82, 2.24) is 5.43 Å². The number of amides is 1. The first-order valence-electron chi connectivity index (χ1n) is 8.44. The largest absolute Gasteiger partial charge is 0.482 e. The predicted octanol–water partition coefficient (Wildman–Crippen LogP) is 1.15. The molecule has 9 nitrogen and oxygen atoms in total. The van der Waals surface area contributed by atoms with E-state index in [9.17, 15) is 18.0 Å². The summed E-state index contributed by atoms with van der Waals surface area (Å²) in [7, 11) is -2.38. The molecule has 2 aromatic carbocycles. The number of rotatable bonds is 9. The Bertz CT molecular complexity index is 976. The molecule has 0 aliphatic rings. The summed E-state index contributed by atoms with van der Waals surface area (Å²) < 4.78 is 34.7. The van der Waals surface area contributed by atoms with Gasteiger partial charge in [0.25, 0.3) is 5.91 Å². The lowest BCUT2D eigenvalue weighted by molar-refractivity contribution is -0.142. The van der Waals surface area contributed by atoms with Gasteiger partial charge >= 0.3 is 5.97 Å². The molecule has 0 saturated carbocycles. The Labute approximate surface area is 169 Å². The highest BCUT2D eigenvalue weighted by Gasteiger charge is 2.20. The van der Waals surface area contributed by atoms with Crippen LogP contribution < -0.4 is 14.5 Å². The van der Waals surface area contributed by atoms with E-state index < -0.39 is 28.4 Å². The molecule has 2 aromatic rings. The van der Waals surface area contributed by atoms with E-state index in [-0.39, 0.29) is 6.61 Å². The second-order valence-electron chi connectivity index (χ2n) is 5.84. The minimum absolute atomic E-state index is 0.228. The second kappa shape index (κ2) is 10.2. The number of anilines is 1. The number of ether oxygens (including phenoxy) is 2. The highest BCUT2D eigenvalue weighted by Crippen LogP contribution is 2.16. The maximum absolute atomic E-state index is 12.1. The van der Waals surface area contributed by atoms with E-state index in [0.29, 0.717) is 17.0 Å². The van der Waals surface area contributed by atoms with Gasteiger partial charge in [0, 0.05) is 0 Å². The molecule has 0 aliphatic carbocycles. The van der Waals surface area contributed by atoms with Gasteiger partial charge in [0.1, 0.15) is 12.3 Å². The molecule has 0 atom stereocenters. The summed E-state index contributed by atoms with van der Waals surface area (Å²) in [5, 5.41) is 3.83. The molecule has 0 aromatic heterocycles. The van der Waals surface area contributed by atoms with Crippen LogP contribution in [-0.4, -0.2) is 53.0 Å². The fourth-order valence-corrected chi connectivity index (χ4v) is 3.08. The molecule has 1 amide bonds. The summed E-state index contributed by atoms with van der Waals surface area (Å²) in [6, 6.07) is 15.0. The van der Waals surface area contributed by atoms with Gasteiger partial charge in [-0.25, -0.2) is 18.6 Å². The van der Waals surface area contributed by atoms with Crippen LogP contribution in [0.15, 0.2) is 59.7 Å². The zero-order valence-corrected chi connectivity index (χ0v) is 16.8. The normalized spacial score (nSPS) is 11.1. The second-order valence-corrected chi connectivity index (χ2v) is 7.74. The van der Waals surface area contributed by atoms with Crippen molar-refractivity contribution in [3.63, 3.8) is 0 Å². The molecular weight excluding hydrogens is 398 g/mol. The molecule has 0 radical (unpaired) electrons. The van der Waals surface area contributed by atoms with E-state index in [1.165, 1.54) is 13.3 Å². The lowest BCUT2D eigenvalue weighted by atomic mass is 10.2. The van der Waals surface area contributed by atoms with E-state index in [1.54, 1.807) is 54.6 Å². The van der Waals surface area contributed by atoms with Crippen LogP contribution >= 0.6 is 0 Å². The van der Waals surface area contributed by atoms with Gasteiger partial charge in [-0.15, -0.1) is 0 Å². The number of nitrogens with one attached hydrogen (secondary N) is 1. The molecule has 0 bridgehead atoms. The number of nitrogens with zero attached hydrogens (tertiary/aromatic N) is 2. The summed E-state index contributed by atoms with van der Waals surface area (Å²) in [6.45, 7) is -0.642. The lowest BCUT2D eigenvalue weighted by Gasteiger charge is -2.21. The maximum Gasteiger partial charge on any atom is 0.343 e. The minimum Gasteiger partial charge on any atom is -0.482 e. The van der Waals surface area contributed by atoms with Crippen molar-refractivity contribution in [3.05, 3.63) is 60.2 Å². The number of esters is 1. The van der Waals surface area contributed by atoms with Crippen molar-refractivity contribution >= 4 is 33.8 Å². The van der Waals surface area contributed by atoms with Gasteiger partial charge in [0.2, 0.25) is 10.0 Å². The Hall–Kier alpha value is -3.40. The Morgan fingerprint density at radius 1 is 1.14 bits per heavy atom. The Balaban J connectivity index is 1.97. The third kappa shape index (κ3) is 7.26. The van der Waals surface area contributed by atoms with Gasteiger partial charge in [-0.05, 0) is 29.8 Å². The van der Waals surface area contributed by atoms with E-state index >= 15 is 0 Å². The van der Waals surface area contributed by atoms with Crippen LogP contribution in [0, 0.1) is 0 Å². The average Bonchev–Trinajstić information content (AvgIpc) is 2.70. The quantitative estimate of drug-likeness (QED) is 0.371. The molecular formula is C19H21N3O6S. The van der Waals surface area contributed by atoms with Crippen molar-refractivity contribution in [1.29, 1.82) is 0 Å². The lowest BCUT2D eigenvalue weighted by Crippen LogP contribution is -2.38. The molecule has 2 rings (SSSR count). The van der Waals surface area contributed by atoms with Crippen LogP contribution in [0.4, 0.5) is 5.69 Å². The number of carbonyl (C=O) groups is 2. The molecule has 154 valence electrons. The van der Waals surface area contributed by atoms with Gasteiger partial charge in [-0.3, -0.25) is 9.10 Å². The van der Waals surface area contributed by atoms with E-state index in [0.717, 1.165) is 10.6 Å². The number of hydrogen-bond donors (Lipinski definition) is 1. The SMILES string of the molecule is COC(=O)COc1cccc(/C=N\NC(=O)CN(c2ccccc2)S(C)(=O)=O)c1. The summed E-state index contributed by atoms with van der Waals surface area (Å²) in [5.41, 5.74) is 3.28. The fourth-order valence-electron chi connectivity index (χ4n) is 2.22. The van der Waals surface area contributed by atoms with Gasteiger partial charge in [0.15, 0.2) is 6.61 Å². The minimum atomic E-state index is -3.65. The number of hydrogen-bond acceptors (Lipinski definition) is 7. The summed E-state index contributed by atoms with van der Waals surface area (Å²) >= 11 is 0. The first-order chi connectivity index (χ1) is 13.8. The average molecular weight is 419 g/mol. The zero-order valence-electron chi connectivity index (χ0n) is 15.9. The van der Waals surface area contributed by atoms with Crippen molar-refractivity contribution in [3.8, 4) is 5.75 Å². The Morgan fingerprint density at radius 3 is 2.52 bits per heavy atom. The molecule has 29 heavy (non-hydrogen) atoms. The Kier molecular flexibility index (Phi) is 7.72. The summed E-state index contributed by atoms with van der Waals surface area (Å²) in [6.07, 6.45) is 2.40. The molecule has 0 saturated heterocycles. The number of hydrazone groups is 1. The maximum atomic E-state index is 12.1. The van der Waals surface area contributed by atoms with Crippen LogP contribution in [0.1, 0.15) is 5.56 Å². The predicted molar refractivity (Wildman–Crippen MR) is 108 cm³/mol. The number of methoxy groups -OCH3 is 1. The third-order valence-electron chi connectivity index (χ3n) is 3.58. The molecule has 10 heteroatoms. The highest BCUT2D eigenvalue weighted by molar-refractivity contribution is 7.92. The van der Waals surface area contributed by atoms with Gasteiger partial charge in [0.05, 0.1) is 25.3 Å². The molecule has 1 N–H and O–H groups in total. The van der Waals surface area contributed by atoms with Crippen molar-refractivity contribution in [2.75, 3.05) is 30.8 Å². The first kappa shape index (κ1) is 21.9. The number of para-hydroxylation sites is 1. The van der Waals surface area contributed by atoms with Crippen LogP contribution in [0.3, 0.4) is 0 Å². The van der Waals surface area contributed by atoms with Gasteiger partial charge in [-0.1, -0.05) is 30.3 Å². The number of carbonyl (C=O) groups excluding carboxylic acids is 2. The fraction of sp³-hybridized carbons (Fsp3) is 0.211. The zero-order chi connectivity index (χ0) is 21.3. The molecule has 0 aliphatic heterocycles. The van der Waals surface area contributed by atoms with Crippen molar-refractivity contribution in [2.45, 2.75) is 0 Å². The van der Waals surface area contributed by atoms with Crippen LogP contribution in [0.25, 0.3) is 0 Å². The van der Waals surface area contributed by atoms with Gasteiger partial charge in [-0.2, -0.15) is 5.10 Å². The van der Waals surface area contributed by atoms with E-state index in [1.807, 2.05) is 0 Å². The van der Waals surface area contributed by atoms with Crippen LogP contribution in [-0.2, 0) is 24.3 Å². The van der Waals surface area contributed by atoms with E-state index in [2.05, 4.69) is 15.3 Å². The highest BCUT2D eigenvalue weighted by atomic mass is 32.2. The molecule has 0 heterocycles. The molecule has 0 spiro atoms.